The number of amides is 1. The lowest BCUT2D eigenvalue weighted by Crippen LogP contribution is -2.19. The van der Waals surface area contributed by atoms with Gasteiger partial charge >= 0.3 is 6.18 Å². The zero-order valence-electron chi connectivity index (χ0n) is 12.5. The number of rotatable bonds is 2. The minimum atomic E-state index is -4.53. The second kappa shape index (κ2) is 6.64. The van der Waals surface area contributed by atoms with Gasteiger partial charge in [-0.2, -0.15) is 13.2 Å². The van der Waals surface area contributed by atoms with Crippen LogP contribution in [0.3, 0.4) is 0 Å². The highest BCUT2D eigenvalue weighted by Crippen LogP contribution is 2.37. The number of para-hydroxylation sites is 1. The summed E-state index contributed by atoms with van der Waals surface area (Å²) in [6, 6.07) is 11.1. The molecule has 0 spiro atoms. The van der Waals surface area contributed by atoms with E-state index in [1.54, 1.807) is 18.2 Å². The molecule has 1 aliphatic heterocycles. The van der Waals surface area contributed by atoms with E-state index < -0.39 is 17.6 Å². The largest absolute Gasteiger partial charge is 0.508 e. The molecule has 0 unspecified atom stereocenters. The first-order chi connectivity index (χ1) is 11.8. The molecule has 8 heteroatoms. The van der Waals surface area contributed by atoms with Gasteiger partial charge in [0.1, 0.15) is 5.75 Å². The predicted octanol–water partition coefficient (Wildman–Crippen LogP) is 4.30. The van der Waals surface area contributed by atoms with Crippen molar-refractivity contribution in [2.24, 2.45) is 4.99 Å². The normalized spacial score (nSPS) is 18.0. The number of benzene rings is 2. The SMILES string of the molecule is O=C1NC(=Nc2ccccc2C(F)(F)F)SC1=Cc1ccc(O)cc1. The molecule has 0 bridgehead atoms. The van der Waals surface area contributed by atoms with E-state index in [1.807, 2.05) is 0 Å². The van der Waals surface area contributed by atoms with Crippen molar-refractivity contribution in [3.05, 3.63) is 64.6 Å². The molecule has 25 heavy (non-hydrogen) atoms. The fraction of sp³-hybridized carbons (Fsp3) is 0.0588. The highest BCUT2D eigenvalue weighted by atomic mass is 32.2. The Morgan fingerprint density at radius 1 is 1.08 bits per heavy atom. The van der Waals surface area contributed by atoms with E-state index in [4.69, 9.17) is 0 Å². The van der Waals surface area contributed by atoms with E-state index in [0.29, 0.717) is 10.5 Å². The van der Waals surface area contributed by atoms with Gasteiger partial charge in [-0.3, -0.25) is 4.79 Å². The van der Waals surface area contributed by atoms with Gasteiger partial charge in [0, 0.05) is 0 Å². The number of nitrogens with one attached hydrogen (secondary N) is 1. The van der Waals surface area contributed by atoms with Crippen LogP contribution in [0.15, 0.2) is 58.4 Å². The highest BCUT2D eigenvalue weighted by Gasteiger charge is 2.34. The van der Waals surface area contributed by atoms with E-state index >= 15 is 0 Å². The summed E-state index contributed by atoms with van der Waals surface area (Å²) in [7, 11) is 0. The van der Waals surface area contributed by atoms with Crippen LogP contribution in [0.1, 0.15) is 11.1 Å². The van der Waals surface area contributed by atoms with Crippen LogP contribution < -0.4 is 5.32 Å². The average molecular weight is 364 g/mol. The Kier molecular flexibility index (Phi) is 4.54. The van der Waals surface area contributed by atoms with Gasteiger partial charge in [0.2, 0.25) is 0 Å². The number of carbonyl (C=O) groups is 1. The van der Waals surface area contributed by atoms with Crippen LogP contribution in [-0.4, -0.2) is 16.2 Å². The molecule has 1 heterocycles. The van der Waals surface area contributed by atoms with Crippen molar-refractivity contribution in [2.75, 3.05) is 0 Å². The Morgan fingerprint density at radius 2 is 1.76 bits per heavy atom. The Hall–Kier alpha value is -2.74. The second-order valence-electron chi connectivity index (χ2n) is 5.09. The molecule has 2 aromatic carbocycles. The van der Waals surface area contributed by atoms with E-state index in [1.165, 1.54) is 30.3 Å². The van der Waals surface area contributed by atoms with Gasteiger partial charge in [0.25, 0.3) is 5.91 Å². The van der Waals surface area contributed by atoms with Gasteiger partial charge in [-0.1, -0.05) is 24.3 Å². The first kappa shape index (κ1) is 17.1. The number of hydrogen-bond acceptors (Lipinski definition) is 4. The number of aliphatic imine (C=N–C) groups is 1. The number of amidine groups is 1. The van der Waals surface area contributed by atoms with Gasteiger partial charge in [-0.15, -0.1) is 0 Å². The Balaban J connectivity index is 1.88. The lowest BCUT2D eigenvalue weighted by molar-refractivity contribution is -0.137. The third kappa shape index (κ3) is 4.03. The monoisotopic (exact) mass is 364 g/mol. The number of nitrogens with zero attached hydrogens (tertiary/aromatic N) is 1. The number of carbonyl (C=O) groups excluding carboxylic acids is 1. The summed E-state index contributed by atoms with van der Waals surface area (Å²) in [5.41, 5.74) is -0.454. The molecule has 0 aromatic heterocycles. The van der Waals surface area contributed by atoms with E-state index in [-0.39, 0.29) is 16.6 Å². The number of halogens is 3. The van der Waals surface area contributed by atoms with Crippen molar-refractivity contribution in [3.8, 4) is 5.75 Å². The summed E-state index contributed by atoms with van der Waals surface area (Å²) in [6.45, 7) is 0. The number of phenolic OH excluding ortho intramolecular Hbond substituents is 1. The van der Waals surface area contributed by atoms with Crippen molar-refractivity contribution in [2.45, 2.75) is 6.18 Å². The van der Waals surface area contributed by atoms with Gasteiger partial charge in [0.05, 0.1) is 16.2 Å². The van der Waals surface area contributed by atoms with Gasteiger partial charge < -0.3 is 10.4 Å². The molecule has 1 fully saturated rings. The molecular weight excluding hydrogens is 353 g/mol. The van der Waals surface area contributed by atoms with E-state index in [9.17, 15) is 23.1 Å². The quantitative estimate of drug-likeness (QED) is 0.781. The number of phenols is 1. The van der Waals surface area contributed by atoms with Crippen molar-refractivity contribution in [1.82, 2.24) is 5.32 Å². The maximum Gasteiger partial charge on any atom is 0.418 e. The molecule has 0 atom stereocenters. The Labute approximate surface area is 145 Å². The van der Waals surface area contributed by atoms with Crippen LogP contribution in [0.4, 0.5) is 18.9 Å². The predicted molar refractivity (Wildman–Crippen MR) is 90.4 cm³/mol. The smallest absolute Gasteiger partial charge is 0.418 e. The molecule has 1 aliphatic rings. The lowest BCUT2D eigenvalue weighted by Gasteiger charge is -2.09. The summed E-state index contributed by atoms with van der Waals surface area (Å²) in [5.74, 6) is -0.349. The molecule has 1 amide bonds. The molecular formula is C17H11F3N2O2S. The molecule has 1 saturated heterocycles. The van der Waals surface area contributed by atoms with Crippen LogP contribution in [0.2, 0.25) is 0 Å². The van der Waals surface area contributed by atoms with Crippen molar-refractivity contribution >= 4 is 34.6 Å². The maximum absolute atomic E-state index is 13.0. The van der Waals surface area contributed by atoms with Crippen LogP contribution in [0.5, 0.6) is 5.75 Å². The topological polar surface area (TPSA) is 61.7 Å². The van der Waals surface area contributed by atoms with Crippen molar-refractivity contribution < 1.29 is 23.1 Å². The number of aromatic hydroxyl groups is 1. The number of thioether (sulfide) groups is 1. The van der Waals surface area contributed by atoms with Crippen LogP contribution in [0, 0.1) is 0 Å². The van der Waals surface area contributed by atoms with E-state index in [2.05, 4.69) is 10.3 Å². The van der Waals surface area contributed by atoms with Crippen LogP contribution in [-0.2, 0) is 11.0 Å². The van der Waals surface area contributed by atoms with Crippen molar-refractivity contribution in [1.29, 1.82) is 0 Å². The summed E-state index contributed by atoms with van der Waals surface area (Å²) in [4.78, 5) is 16.2. The second-order valence-corrected chi connectivity index (χ2v) is 6.12. The lowest BCUT2D eigenvalue weighted by atomic mass is 10.2. The maximum atomic E-state index is 13.0. The zero-order valence-corrected chi connectivity index (χ0v) is 13.4. The molecule has 0 saturated carbocycles. The third-order valence-electron chi connectivity index (χ3n) is 3.27. The van der Waals surface area contributed by atoms with Crippen LogP contribution >= 0.6 is 11.8 Å². The molecule has 4 nitrogen and oxygen atoms in total. The molecule has 0 aliphatic carbocycles. The summed E-state index contributed by atoms with van der Waals surface area (Å²) >= 11 is 0.953. The zero-order chi connectivity index (χ0) is 18.0. The molecule has 2 aromatic rings. The van der Waals surface area contributed by atoms with Gasteiger partial charge in [-0.05, 0) is 47.7 Å². The summed E-state index contributed by atoms with van der Waals surface area (Å²) in [6.07, 6.45) is -2.96. The standard InChI is InChI=1S/C17H11F3N2O2S/c18-17(19,20)12-3-1-2-4-13(12)21-16-22-15(24)14(25-16)9-10-5-7-11(23)8-6-10/h1-9,23H,(H,21,22,24). The number of hydrogen-bond donors (Lipinski definition) is 2. The molecule has 3 rings (SSSR count). The third-order valence-corrected chi connectivity index (χ3v) is 4.18. The first-order valence-corrected chi connectivity index (χ1v) is 7.89. The minimum Gasteiger partial charge on any atom is -0.508 e. The highest BCUT2D eigenvalue weighted by molar-refractivity contribution is 8.18. The van der Waals surface area contributed by atoms with Gasteiger partial charge in [0.15, 0.2) is 5.17 Å². The summed E-state index contributed by atoms with van der Waals surface area (Å²) < 4.78 is 39.0. The molecule has 0 radical (unpaired) electrons. The van der Waals surface area contributed by atoms with Gasteiger partial charge in [-0.25, -0.2) is 4.99 Å². The minimum absolute atomic E-state index is 0.0757. The first-order valence-electron chi connectivity index (χ1n) is 7.08. The average Bonchev–Trinajstić information content (AvgIpc) is 2.88. The fourth-order valence-corrected chi connectivity index (χ4v) is 2.96. The van der Waals surface area contributed by atoms with E-state index in [0.717, 1.165) is 17.8 Å². The van der Waals surface area contributed by atoms with Crippen molar-refractivity contribution in [3.63, 3.8) is 0 Å². The summed E-state index contributed by atoms with van der Waals surface area (Å²) in [5, 5.41) is 11.8. The molecule has 2 N–H and O–H groups in total. The van der Waals surface area contributed by atoms with Crippen LogP contribution in [0.25, 0.3) is 6.08 Å². The Morgan fingerprint density at radius 3 is 2.44 bits per heavy atom. The molecule has 128 valence electrons. The number of alkyl halides is 3. The Bertz CT molecular complexity index is 874. The fourth-order valence-electron chi connectivity index (χ4n) is 2.12.